The summed E-state index contributed by atoms with van der Waals surface area (Å²) in [4.78, 5) is 35.2. The van der Waals surface area contributed by atoms with Gasteiger partial charge in [0.15, 0.2) is 0 Å². The molecule has 3 fully saturated rings. The van der Waals surface area contributed by atoms with E-state index in [9.17, 15) is 31.1 Å². The van der Waals surface area contributed by atoms with Crippen molar-refractivity contribution in [3.63, 3.8) is 0 Å². The predicted octanol–water partition coefficient (Wildman–Crippen LogP) is 3.12. The molecule has 2 saturated heterocycles. The summed E-state index contributed by atoms with van der Waals surface area (Å²) in [6.07, 6.45) is -1.74. The van der Waals surface area contributed by atoms with Gasteiger partial charge in [-0.05, 0) is 77.7 Å². The molecular formula is C21H33F6N3O5. The van der Waals surface area contributed by atoms with Crippen molar-refractivity contribution >= 4 is 17.8 Å². The zero-order valence-electron chi connectivity index (χ0n) is 19.5. The number of aliphatic carboxylic acids is 2. The van der Waals surface area contributed by atoms with Crippen molar-refractivity contribution in [2.75, 3.05) is 32.7 Å². The molecule has 0 atom stereocenters. The summed E-state index contributed by atoms with van der Waals surface area (Å²) < 4.78 is 63.5. The number of halogens is 6. The van der Waals surface area contributed by atoms with Crippen molar-refractivity contribution in [1.29, 1.82) is 0 Å². The highest BCUT2D eigenvalue weighted by molar-refractivity contribution is 5.79. The van der Waals surface area contributed by atoms with Crippen LogP contribution in [0.3, 0.4) is 0 Å². The number of nitrogens with one attached hydrogen (secondary N) is 1. The van der Waals surface area contributed by atoms with Gasteiger partial charge in [-0.25, -0.2) is 9.59 Å². The first-order valence-corrected chi connectivity index (χ1v) is 11.5. The Balaban J connectivity index is 0.000000362. The van der Waals surface area contributed by atoms with Crippen LogP contribution in [0.2, 0.25) is 0 Å². The number of piperidine rings is 2. The molecule has 2 heterocycles. The zero-order chi connectivity index (χ0) is 26.8. The maximum atomic E-state index is 12.2. The molecule has 35 heavy (non-hydrogen) atoms. The molecule has 14 heteroatoms. The summed E-state index contributed by atoms with van der Waals surface area (Å²) in [5.41, 5.74) is 0. The average Bonchev–Trinajstić information content (AvgIpc) is 2.76. The van der Waals surface area contributed by atoms with Crippen LogP contribution in [0, 0.1) is 5.92 Å². The normalized spacial score (nSPS) is 21.0. The molecule has 8 nitrogen and oxygen atoms in total. The van der Waals surface area contributed by atoms with E-state index < -0.39 is 24.3 Å². The fourth-order valence-electron chi connectivity index (χ4n) is 4.00. The van der Waals surface area contributed by atoms with E-state index in [1.807, 2.05) is 0 Å². The Morgan fingerprint density at radius 2 is 1.23 bits per heavy atom. The largest absolute Gasteiger partial charge is 0.490 e. The number of amides is 1. The maximum absolute atomic E-state index is 12.2. The molecule has 204 valence electrons. The van der Waals surface area contributed by atoms with E-state index in [-0.39, 0.29) is 5.92 Å². The maximum Gasteiger partial charge on any atom is 0.490 e. The molecule has 3 aliphatic rings. The third-order valence-electron chi connectivity index (χ3n) is 6.36. The number of rotatable bonds is 4. The molecular weight excluding hydrogens is 488 g/mol. The second-order valence-corrected chi connectivity index (χ2v) is 8.72. The van der Waals surface area contributed by atoms with E-state index in [1.165, 1.54) is 51.7 Å². The minimum absolute atomic E-state index is 0.276. The van der Waals surface area contributed by atoms with Crippen LogP contribution < -0.4 is 5.32 Å². The molecule has 1 amide bonds. The Kier molecular flexibility index (Phi) is 12.2. The molecule has 3 rings (SSSR count). The first-order valence-electron chi connectivity index (χ1n) is 11.5. The lowest BCUT2D eigenvalue weighted by Crippen LogP contribution is -2.50. The van der Waals surface area contributed by atoms with Gasteiger partial charge in [0.2, 0.25) is 5.91 Å². The van der Waals surface area contributed by atoms with Crippen molar-refractivity contribution in [2.24, 2.45) is 5.92 Å². The number of hydrogen-bond acceptors (Lipinski definition) is 5. The highest BCUT2D eigenvalue weighted by Crippen LogP contribution is 2.25. The predicted molar refractivity (Wildman–Crippen MR) is 113 cm³/mol. The molecule has 0 radical (unpaired) electrons. The third-order valence-corrected chi connectivity index (χ3v) is 6.36. The van der Waals surface area contributed by atoms with Gasteiger partial charge < -0.3 is 25.3 Å². The lowest BCUT2D eigenvalue weighted by atomic mass is 9.89. The van der Waals surface area contributed by atoms with E-state index in [4.69, 9.17) is 19.8 Å². The van der Waals surface area contributed by atoms with Crippen molar-refractivity contribution in [3.8, 4) is 0 Å². The summed E-state index contributed by atoms with van der Waals surface area (Å²) in [6.45, 7) is 8.20. The van der Waals surface area contributed by atoms with Crippen LogP contribution in [0.1, 0.15) is 51.9 Å². The van der Waals surface area contributed by atoms with Crippen LogP contribution in [-0.2, 0) is 14.4 Å². The molecule has 0 unspecified atom stereocenters. The number of alkyl halides is 6. The lowest BCUT2D eigenvalue weighted by Gasteiger charge is -2.41. The highest BCUT2D eigenvalue weighted by atomic mass is 19.4. The van der Waals surface area contributed by atoms with Gasteiger partial charge in [0, 0.05) is 18.0 Å². The zero-order valence-corrected chi connectivity index (χ0v) is 19.5. The highest BCUT2D eigenvalue weighted by Gasteiger charge is 2.39. The standard InChI is InChI=1S/C17H31N3O.2C2HF3O2/c1-2-19-10-8-16(9-11-19)20-12-6-14(7-13-20)17(21)18-15-4-3-5-15;2*3-2(4,5)1(6)7/h14-16H,2-13H2,1H3,(H,18,21);2*(H,6,7). The molecule has 1 aliphatic carbocycles. The third kappa shape index (κ3) is 11.5. The van der Waals surface area contributed by atoms with Gasteiger partial charge in [0.1, 0.15) is 0 Å². The second-order valence-electron chi connectivity index (χ2n) is 8.72. The SMILES string of the molecule is CCN1CCC(N2CCC(C(=O)NC3CCC3)CC2)CC1.O=C(O)C(F)(F)F.O=C(O)C(F)(F)F. The van der Waals surface area contributed by atoms with Gasteiger partial charge in [0.05, 0.1) is 0 Å². The number of likely N-dealkylation sites (tertiary alicyclic amines) is 2. The van der Waals surface area contributed by atoms with E-state index in [1.54, 1.807) is 0 Å². The van der Waals surface area contributed by atoms with Crippen molar-refractivity contribution in [2.45, 2.75) is 76.3 Å². The Hall–Kier alpha value is -2.09. The van der Waals surface area contributed by atoms with E-state index >= 15 is 0 Å². The quantitative estimate of drug-likeness (QED) is 0.488. The van der Waals surface area contributed by atoms with Crippen LogP contribution in [0.5, 0.6) is 0 Å². The monoisotopic (exact) mass is 521 g/mol. The molecule has 0 aromatic carbocycles. The van der Waals surface area contributed by atoms with Gasteiger partial charge >= 0.3 is 24.3 Å². The fourth-order valence-corrected chi connectivity index (χ4v) is 4.00. The number of nitrogens with zero attached hydrogens (tertiary/aromatic N) is 2. The summed E-state index contributed by atoms with van der Waals surface area (Å²) in [6, 6.07) is 1.26. The van der Waals surface area contributed by atoms with Gasteiger partial charge in [-0.15, -0.1) is 0 Å². The van der Waals surface area contributed by atoms with Gasteiger partial charge in [-0.1, -0.05) is 6.92 Å². The van der Waals surface area contributed by atoms with Crippen LogP contribution in [0.25, 0.3) is 0 Å². The first kappa shape index (κ1) is 30.9. The first-order chi connectivity index (χ1) is 16.1. The summed E-state index contributed by atoms with van der Waals surface area (Å²) in [5, 5.41) is 17.5. The number of hydrogen-bond donors (Lipinski definition) is 3. The topological polar surface area (TPSA) is 110 Å². The minimum atomic E-state index is -5.08. The molecule has 1 saturated carbocycles. The smallest absolute Gasteiger partial charge is 0.475 e. The molecule has 0 aromatic heterocycles. The van der Waals surface area contributed by atoms with E-state index in [2.05, 4.69) is 22.0 Å². The summed E-state index contributed by atoms with van der Waals surface area (Å²) in [5.74, 6) is -4.90. The summed E-state index contributed by atoms with van der Waals surface area (Å²) in [7, 11) is 0. The van der Waals surface area contributed by atoms with Crippen LogP contribution in [-0.4, -0.2) is 95.0 Å². The number of carbonyl (C=O) groups excluding carboxylic acids is 1. The summed E-state index contributed by atoms with van der Waals surface area (Å²) >= 11 is 0. The van der Waals surface area contributed by atoms with E-state index in [0.717, 1.165) is 32.0 Å². The number of carboxylic acids is 2. The lowest BCUT2D eigenvalue weighted by molar-refractivity contribution is -0.193. The molecule has 0 aromatic rings. The van der Waals surface area contributed by atoms with E-state index in [0.29, 0.717) is 11.9 Å². The van der Waals surface area contributed by atoms with Crippen LogP contribution in [0.4, 0.5) is 26.3 Å². The molecule has 0 spiro atoms. The molecule has 3 N–H and O–H groups in total. The fraction of sp³-hybridized carbons (Fsp3) is 0.857. The van der Waals surface area contributed by atoms with Gasteiger partial charge in [-0.3, -0.25) is 4.79 Å². The minimum Gasteiger partial charge on any atom is -0.475 e. The Morgan fingerprint density at radius 1 is 0.800 bits per heavy atom. The van der Waals surface area contributed by atoms with Crippen molar-refractivity contribution < 1.29 is 50.9 Å². The number of carbonyl (C=O) groups is 3. The second kappa shape index (κ2) is 13.9. The molecule has 0 bridgehead atoms. The van der Waals surface area contributed by atoms with Crippen molar-refractivity contribution in [3.05, 3.63) is 0 Å². The Bertz CT molecular complexity index is 660. The van der Waals surface area contributed by atoms with Crippen molar-refractivity contribution in [1.82, 2.24) is 15.1 Å². The van der Waals surface area contributed by atoms with Gasteiger partial charge in [0.25, 0.3) is 0 Å². The Labute approximate surface area is 199 Å². The van der Waals surface area contributed by atoms with Crippen LogP contribution in [0.15, 0.2) is 0 Å². The number of carboxylic acid groups (broad SMARTS) is 2. The molecule has 2 aliphatic heterocycles. The van der Waals surface area contributed by atoms with Crippen LogP contribution >= 0.6 is 0 Å². The van der Waals surface area contributed by atoms with Gasteiger partial charge in [-0.2, -0.15) is 26.3 Å². The Morgan fingerprint density at radius 3 is 1.54 bits per heavy atom. The average molecular weight is 521 g/mol.